The van der Waals surface area contributed by atoms with E-state index in [1.165, 1.54) is 11.8 Å². The van der Waals surface area contributed by atoms with Crippen LogP contribution in [0.15, 0.2) is 47.6 Å². The van der Waals surface area contributed by atoms with Crippen molar-refractivity contribution in [1.29, 1.82) is 0 Å². The summed E-state index contributed by atoms with van der Waals surface area (Å²) in [5.74, 6) is 1.25. The van der Waals surface area contributed by atoms with Crippen molar-refractivity contribution in [2.24, 2.45) is 7.05 Å². The van der Waals surface area contributed by atoms with Crippen LogP contribution in [0.1, 0.15) is 29.9 Å². The fraction of sp³-hybridized carbons (Fsp3) is 0.304. The Morgan fingerprint density at radius 2 is 1.88 bits per heavy atom. The number of hydrogen-bond donors (Lipinski definition) is 1. The lowest BCUT2D eigenvalue weighted by Crippen LogP contribution is -2.41. The highest BCUT2D eigenvalue weighted by atomic mass is 32.2. The summed E-state index contributed by atoms with van der Waals surface area (Å²) in [6.07, 6.45) is 0. The Hall–Kier alpha value is -3.33. The van der Waals surface area contributed by atoms with Gasteiger partial charge >= 0.3 is 0 Å². The lowest BCUT2D eigenvalue weighted by Gasteiger charge is -2.33. The standard InChI is InChI=1S/C23H25N5O3S/c1-14-8-7-9-15(2)21(14)24-19(29)13-32-23-26-25-22(27(23)4)16(3)28-17-10-5-6-11-18(17)31-12-20(28)30/h5-11,16H,12-13H2,1-4H3,(H,24,29)/t16-/m1/s1. The molecule has 0 saturated carbocycles. The average molecular weight is 452 g/mol. The number of hydrogen-bond acceptors (Lipinski definition) is 6. The summed E-state index contributed by atoms with van der Waals surface area (Å²) in [4.78, 5) is 26.8. The first-order valence-corrected chi connectivity index (χ1v) is 11.3. The minimum Gasteiger partial charge on any atom is -0.482 e. The Bertz CT molecular complexity index is 1160. The van der Waals surface area contributed by atoms with E-state index in [2.05, 4.69) is 15.5 Å². The minimum absolute atomic E-state index is 0.0146. The number of aromatic nitrogens is 3. The van der Waals surface area contributed by atoms with Crippen molar-refractivity contribution in [3.8, 4) is 5.75 Å². The van der Waals surface area contributed by atoms with Gasteiger partial charge in [0.15, 0.2) is 17.6 Å². The van der Waals surface area contributed by atoms with Crippen LogP contribution >= 0.6 is 11.8 Å². The van der Waals surface area contributed by atoms with Crippen LogP contribution in [-0.4, -0.2) is 38.9 Å². The molecular formula is C23H25N5O3S. The van der Waals surface area contributed by atoms with Crippen LogP contribution in [0.3, 0.4) is 0 Å². The van der Waals surface area contributed by atoms with E-state index in [0.29, 0.717) is 22.4 Å². The summed E-state index contributed by atoms with van der Waals surface area (Å²) in [6, 6.07) is 13.0. The molecule has 2 amide bonds. The SMILES string of the molecule is Cc1cccc(C)c1NC(=O)CSc1nnc([C@@H](C)N2C(=O)COc3ccccc32)n1C. The molecule has 166 valence electrons. The number of para-hydroxylation sites is 3. The monoisotopic (exact) mass is 451 g/mol. The lowest BCUT2D eigenvalue weighted by atomic mass is 10.1. The maximum Gasteiger partial charge on any atom is 0.265 e. The van der Waals surface area contributed by atoms with Crippen molar-refractivity contribution < 1.29 is 14.3 Å². The molecule has 1 atom stereocenters. The maximum atomic E-state index is 12.6. The van der Waals surface area contributed by atoms with Gasteiger partial charge in [-0.3, -0.25) is 14.5 Å². The first kappa shape index (κ1) is 21.9. The second kappa shape index (κ2) is 9.04. The van der Waals surface area contributed by atoms with E-state index in [0.717, 1.165) is 16.8 Å². The molecule has 1 aromatic heterocycles. The van der Waals surface area contributed by atoms with Crippen LogP contribution in [-0.2, 0) is 16.6 Å². The molecule has 4 rings (SSSR count). The van der Waals surface area contributed by atoms with Crippen molar-refractivity contribution in [2.45, 2.75) is 32.0 Å². The van der Waals surface area contributed by atoms with Gasteiger partial charge in [-0.05, 0) is 44.0 Å². The summed E-state index contributed by atoms with van der Waals surface area (Å²) < 4.78 is 7.36. The molecule has 3 aromatic rings. The van der Waals surface area contributed by atoms with E-state index >= 15 is 0 Å². The molecule has 0 spiro atoms. The molecule has 9 heteroatoms. The molecule has 0 aliphatic carbocycles. The van der Waals surface area contributed by atoms with E-state index in [-0.39, 0.29) is 30.2 Å². The molecule has 0 saturated heterocycles. The number of fused-ring (bicyclic) bond motifs is 1. The van der Waals surface area contributed by atoms with Gasteiger partial charge in [-0.15, -0.1) is 10.2 Å². The quantitative estimate of drug-likeness (QED) is 0.576. The molecule has 8 nitrogen and oxygen atoms in total. The van der Waals surface area contributed by atoms with Crippen LogP contribution in [0.25, 0.3) is 0 Å². The number of nitrogens with one attached hydrogen (secondary N) is 1. The summed E-state index contributed by atoms with van der Waals surface area (Å²) in [7, 11) is 1.84. The summed E-state index contributed by atoms with van der Waals surface area (Å²) in [5.41, 5.74) is 3.60. The van der Waals surface area contributed by atoms with Gasteiger partial charge in [-0.1, -0.05) is 42.1 Å². The Morgan fingerprint density at radius 3 is 2.62 bits per heavy atom. The van der Waals surface area contributed by atoms with Crippen LogP contribution in [0.2, 0.25) is 0 Å². The highest BCUT2D eigenvalue weighted by Gasteiger charge is 2.32. The zero-order chi connectivity index (χ0) is 22.8. The number of anilines is 2. The van der Waals surface area contributed by atoms with Gasteiger partial charge in [0.05, 0.1) is 17.5 Å². The smallest absolute Gasteiger partial charge is 0.265 e. The summed E-state index contributed by atoms with van der Waals surface area (Å²) in [6.45, 7) is 5.83. The molecule has 0 unspecified atom stereocenters. The highest BCUT2D eigenvalue weighted by Crippen LogP contribution is 2.37. The minimum atomic E-state index is -0.345. The number of rotatable bonds is 6. The van der Waals surface area contributed by atoms with E-state index in [4.69, 9.17) is 4.74 Å². The zero-order valence-corrected chi connectivity index (χ0v) is 19.3. The Labute approximate surface area is 191 Å². The highest BCUT2D eigenvalue weighted by molar-refractivity contribution is 7.99. The first-order chi connectivity index (χ1) is 15.4. The molecule has 0 bridgehead atoms. The Balaban J connectivity index is 1.47. The summed E-state index contributed by atoms with van der Waals surface area (Å²) >= 11 is 1.31. The van der Waals surface area contributed by atoms with Gasteiger partial charge in [0.25, 0.3) is 5.91 Å². The normalized spacial score (nSPS) is 14.0. The van der Waals surface area contributed by atoms with Crippen molar-refractivity contribution in [1.82, 2.24) is 14.8 Å². The number of benzene rings is 2. The third-order valence-corrected chi connectivity index (χ3v) is 6.47. The molecule has 2 heterocycles. The van der Waals surface area contributed by atoms with E-state index in [1.807, 2.05) is 74.9 Å². The second-order valence-corrected chi connectivity index (χ2v) is 8.64. The number of nitrogens with zero attached hydrogens (tertiary/aromatic N) is 4. The van der Waals surface area contributed by atoms with Crippen LogP contribution in [0, 0.1) is 13.8 Å². The summed E-state index contributed by atoms with van der Waals surface area (Å²) in [5, 5.41) is 12.2. The fourth-order valence-corrected chi connectivity index (χ4v) is 4.51. The van der Waals surface area contributed by atoms with Gasteiger partial charge in [-0.2, -0.15) is 0 Å². The predicted molar refractivity (Wildman–Crippen MR) is 124 cm³/mol. The molecule has 32 heavy (non-hydrogen) atoms. The number of amides is 2. The van der Waals surface area contributed by atoms with E-state index in [9.17, 15) is 9.59 Å². The van der Waals surface area contributed by atoms with Gasteiger partial charge in [0, 0.05) is 12.7 Å². The number of carbonyl (C=O) groups is 2. The fourth-order valence-electron chi connectivity index (χ4n) is 3.79. The lowest BCUT2D eigenvalue weighted by molar-refractivity contribution is -0.121. The Kier molecular flexibility index (Phi) is 6.18. The molecule has 0 fully saturated rings. The Morgan fingerprint density at radius 1 is 1.16 bits per heavy atom. The molecule has 1 aliphatic heterocycles. The molecular weight excluding hydrogens is 426 g/mol. The van der Waals surface area contributed by atoms with Crippen LogP contribution in [0.4, 0.5) is 11.4 Å². The first-order valence-electron chi connectivity index (χ1n) is 10.3. The largest absolute Gasteiger partial charge is 0.482 e. The number of carbonyl (C=O) groups excluding carboxylic acids is 2. The van der Waals surface area contributed by atoms with Gasteiger partial charge in [0.1, 0.15) is 5.75 Å². The van der Waals surface area contributed by atoms with Crippen molar-refractivity contribution >= 4 is 35.0 Å². The third-order valence-electron chi connectivity index (χ3n) is 5.45. The topological polar surface area (TPSA) is 89.3 Å². The van der Waals surface area contributed by atoms with Crippen molar-refractivity contribution in [3.63, 3.8) is 0 Å². The van der Waals surface area contributed by atoms with Crippen molar-refractivity contribution in [3.05, 3.63) is 59.4 Å². The maximum absolute atomic E-state index is 12.6. The van der Waals surface area contributed by atoms with Crippen LogP contribution in [0.5, 0.6) is 5.75 Å². The molecule has 2 aromatic carbocycles. The van der Waals surface area contributed by atoms with Crippen LogP contribution < -0.4 is 15.0 Å². The van der Waals surface area contributed by atoms with Crippen molar-refractivity contribution in [2.75, 3.05) is 22.6 Å². The average Bonchev–Trinajstić information content (AvgIpc) is 3.14. The zero-order valence-electron chi connectivity index (χ0n) is 18.5. The van der Waals surface area contributed by atoms with Gasteiger partial charge in [-0.25, -0.2) is 0 Å². The second-order valence-electron chi connectivity index (χ2n) is 7.70. The van der Waals surface area contributed by atoms with E-state index in [1.54, 1.807) is 4.90 Å². The van der Waals surface area contributed by atoms with E-state index < -0.39 is 0 Å². The predicted octanol–water partition coefficient (Wildman–Crippen LogP) is 3.65. The molecule has 0 radical (unpaired) electrons. The number of aryl methyl sites for hydroxylation is 2. The van der Waals surface area contributed by atoms with Gasteiger partial charge in [0.2, 0.25) is 5.91 Å². The number of thioether (sulfide) groups is 1. The number of ether oxygens (including phenoxy) is 1. The molecule has 1 N–H and O–H groups in total. The molecule has 1 aliphatic rings. The third kappa shape index (κ3) is 4.20. The van der Waals surface area contributed by atoms with Gasteiger partial charge < -0.3 is 14.6 Å².